The highest BCUT2D eigenvalue weighted by molar-refractivity contribution is 5.79. The van der Waals surface area contributed by atoms with E-state index in [0.29, 0.717) is 0 Å². The summed E-state index contributed by atoms with van der Waals surface area (Å²) in [7, 11) is 1.84. The molecule has 2 heterocycles. The molecule has 1 atom stereocenters. The Balaban J connectivity index is 1.41. The summed E-state index contributed by atoms with van der Waals surface area (Å²) in [5.74, 6) is 2.72. The van der Waals surface area contributed by atoms with E-state index in [1.165, 1.54) is 25.0 Å². The van der Waals surface area contributed by atoms with Gasteiger partial charge in [0.25, 0.3) is 0 Å². The molecule has 0 amide bonds. The number of para-hydroxylation sites is 2. The number of likely N-dealkylation sites (tertiary alicyclic amines) is 1. The maximum absolute atomic E-state index is 4.63. The molecule has 1 aliphatic heterocycles. The molecule has 2 aromatic rings. The summed E-state index contributed by atoms with van der Waals surface area (Å²) in [6.07, 6.45) is 2.32. The molecule has 0 spiro atoms. The van der Waals surface area contributed by atoms with Crippen molar-refractivity contribution in [1.29, 1.82) is 0 Å². The molecule has 2 N–H and O–H groups in total. The number of nitrogens with zero attached hydrogens (tertiary/aromatic N) is 4. The number of imidazole rings is 1. The number of aliphatic imine (C=N–C) groups is 1. The number of rotatable bonds is 7. The zero-order valence-corrected chi connectivity index (χ0v) is 16.3. The van der Waals surface area contributed by atoms with E-state index in [9.17, 15) is 0 Å². The van der Waals surface area contributed by atoms with Gasteiger partial charge in [-0.1, -0.05) is 19.1 Å². The molecule has 6 heteroatoms. The summed E-state index contributed by atoms with van der Waals surface area (Å²) in [5, 5.41) is 6.92. The lowest BCUT2D eigenvalue weighted by atomic mass is 10.1. The Labute approximate surface area is 156 Å². The van der Waals surface area contributed by atoms with Crippen LogP contribution in [0.15, 0.2) is 29.3 Å². The average molecular weight is 357 g/mol. The summed E-state index contributed by atoms with van der Waals surface area (Å²) in [6.45, 7) is 10.8. The smallest absolute Gasteiger partial charge is 0.190 e. The second-order valence-electron chi connectivity index (χ2n) is 7.08. The first-order valence-electron chi connectivity index (χ1n) is 9.80. The highest BCUT2D eigenvalue weighted by atomic mass is 15.2. The minimum absolute atomic E-state index is 0.730. The van der Waals surface area contributed by atoms with E-state index < -0.39 is 0 Å². The van der Waals surface area contributed by atoms with Crippen LogP contribution in [0.2, 0.25) is 0 Å². The predicted octanol–water partition coefficient (Wildman–Crippen LogP) is 2.24. The number of aryl methyl sites for hydroxylation is 2. The predicted molar refractivity (Wildman–Crippen MR) is 109 cm³/mol. The van der Waals surface area contributed by atoms with E-state index in [0.717, 1.165) is 55.8 Å². The van der Waals surface area contributed by atoms with Crippen molar-refractivity contribution in [2.75, 3.05) is 39.8 Å². The lowest BCUT2D eigenvalue weighted by Gasteiger charge is -2.16. The van der Waals surface area contributed by atoms with Gasteiger partial charge in [-0.3, -0.25) is 4.99 Å². The van der Waals surface area contributed by atoms with Gasteiger partial charge in [-0.05, 0) is 50.9 Å². The van der Waals surface area contributed by atoms with Crippen LogP contribution >= 0.6 is 0 Å². The van der Waals surface area contributed by atoms with E-state index >= 15 is 0 Å². The van der Waals surface area contributed by atoms with Gasteiger partial charge < -0.3 is 20.1 Å². The summed E-state index contributed by atoms with van der Waals surface area (Å²) in [6, 6.07) is 8.34. The van der Waals surface area contributed by atoms with E-state index in [1.54, 1.807) is 0 Å². The van der Waals surface area contributed by atoms with Gasteiger partial charge in [-0.25, -0.2) is 4.98 Å². The fourth-order valence-electron chi connectivity index (χ4n) is 3.75. The third kappa shape index (κ3) is 4.55. The molecule has 6 nitrogen and oxygen atoms in total. The van der Waals surface area contributed by atoms with E-state index in [-0.39, 0.29) is 0 Å². The first-order chi connectivity index (χ1) is 12.7. The Morgan fingerprint density at radius 1 is 1.31 bits per heavy atom. The highest BCUT2D eigenvalue weighted by Gasteiger charge is 2.20. The van der Waals surface area contributed by atoms with Crippen molar-refractivity contribution in [3.05, 3.63) is 30.1 Å². The van der Waals surface area contributed by atoms with E-state index in [2.05, 4.69) is 62.1 Å². The summed E-state index contributed by atoms with van der Waals surface area (Å²) in [4.78, 5) is 11.5. The lowest BCUT2D eigenvalue weighted by molar-refractivity contribution is 0.342. The molecule has 1 aromatic heterocycles. The Morgan fingerprint density at radius 3 is 2.92 bits per heavy atom. The standard InChI is InChI=1S/C20H32N6/c1-4-25-13-10-17(15-25)14-23-20(21-3)22-11-7-12-26-16(2)24-18-8-5-6-9-19(18)26/h5-6,8-9,17H,4,7,10-15H2,1-3H3,(H2,21,22,23). The number of guanidine groups is 1. The third-order valence-electron chi connectivity index (χ3n) is 5.30. The molecule has 0 bridgehead atoms. The molecule has 1 fully saturated rings. The van der Waals surface area contributed by atoms with Crippen molar-refractivity contribution in [3.8, 4) is 0 Å². The Bertz CT molecular complexity index is 735. The minimum Gasteiger partial charge on any atom is -0.356 e. The molecular formula is C20H32N6. The first-order valence-corrected chi connectivity index (χ1v) is 9.80. The SMILES string of the molecule is CCN1CCC(CNC(=NC)NCCCn2c(C)nc3ccccc32)C1. The van der Waals surface area contributed by atoms with Crippen LogP contribution in [0.5, 0.6) is 0 Å². The zero-order valence-electron chi connectivity index (χ0n) is 16.3. The Morgan fingerprint density at radius 2 is 2.15 bits per heavy atom. The van der Waals surface area contributed by atoms with Crippen LogP contribution in [-0.4, -0.2) is 60.2 Å². The third-order valence-corrected chi connectivity index (χ3v) is 5.30. The molecule has 1 saturated heterocycles. The molecule has 3 rings (SSSR count). The van der Waals surface area contributed by atoms with E-state index in [1.807, 2.05) is 13.1 Å². The van der Waals surface area contributed by atoms with Gasteiger partial charge in [0, 0.05) is 33.2 Å². The molecule has 0 aliphatic carbocycles. The Kier molecular flexibility index (Phi) is 6.50. The molecule has 1 unspecified atom stereocenters. The summed E-state index contributed by atoms with van der Waals surface area (Å²) in [5.41, 5.74) is 2.29. The van der Waals surface area contributed by atoms with Crippen LogP contribution in [0, 0.1) is 12.8 Å². The van der Waals surface area contributed by atoms with Crippen molar-refractivity contribution in [2.45, 2.75) is 33.2 Å². The molecule has 0 saturated carbocycles. The van der Waals surface area contributed by atoms with Crippen LogP contribution in [0.4, 0.5) is 0 Å². The minimum atomic E-state index is 0.730. The van der Waals surface area contributed by atoms with Gasteiger partial charge in [0.15, 0.2) is 5.96 Å². The first kappa shape index (κ1) is 18.7. The van der Waals surface area contributed by atoms with Crippen LogP contribution in [-0.2, 0) is 6.54 Å². The monoisotopic (exact) mass is 356 g/mol. The molecule has 1 aliphatic rings. The highest BCUT2D eigenvalue weighted by Crippen LogP contribution is 2.16. The van der Waals surface area contributed by atoms with Crippen molar-refractivity contribution in [1.82, 2.24) is 25.1 Å². The van der Waals surface area contributed by atoms with Crippen LogP contribution in [0.3, 0.4) is 0 Å². The quantitative estimate of drug-likeness (QED) is 0.454. The van der Waals surface area contributed by atoms with Crippen molar-refractivity contribution in [3.63, 3.8) is 0 Å². The maximum Gasteiger partial charge on any atom is 0.190 e. The van der Waals surface area contributed by atoms with Gasteiger partial charge >= 0.3 is 0 Å². The molecule has 142 valence electrons. The van der Waals surface area contributed by atoms with Gasteiger partial charge in [-0.15, -0.1) is 0 Å². The number of hydrogen-bond donors (Lipinski definition) is 2. The number of nitrogens with one attached hydrogen (secondary N) is 2. The largest absolute Gasteiger partial charge is 0.356 e. The normalized spacial score (nSPS) is 18.6. The second kappa shape index (κ2) is 9.03. The van der Waals surface area contributed by atoms with Crippen LogP contribution < -0.4 is 10.6 Å². The summed E-state index contributed by atoms with van der Waals surface area (Å²) >= 11 is 0. The van der Waals surface area contributed by atoms with Gasteiger partial charge in [-0.2, -0.15) is 0 Å². The van der Waals surface area contributed by atoms with Gasteiger partial charge in [0.2, 0.25) is 0 Å². The molecule has 1 aromatic carbocycles. The number of aromatic nitrogens is 2. The zero-order chi connectivity index (χ0) is 18.4. The van der Waals surface area contributed by atoms with Crippen LogP contribution in [0.25, 0.3) is 11.0 Å². The van der Waals surface area contributed by atoms with E-state index in [4.69, 9.17) is 0 Å². The second-order valence-corrected chi connectivity index (χ2v) is 7.08. The number of hydrogen-bond acceptors (Lipinski definition) is 3. The maximum atomic E-state index is 4.63. The van der Waals surface area contributed by atoms with Crippen molar-refractivity contribution >= 4 is 17.0 Å². The number of fused-ring (bicyclic) bond motifs is 1. The molecular weight excluding hydrogens is 324 g/mol. The lowest BCUT2D eigenvalue weighted by Crippen LogP contribution is -2.40. The van der Waals surface area contributed by atoms with Crippen molar-refractivity contribution in [2.24, 2.45) is 10.9 Å². The van der Waals surface area contributed by atoms with Crippen molar-refractivity contribution < 1.29 is 0 Å². The fraction of sp³-hybridized carbons (Fsp3) is 0.600. The topological polar surface area (TPSA) is 57.5 Å². The van der Waals surface area contributed by atoms with Crippen LogP contribution in [0.1, 0.15) is 25.6 Å². The van der Waals surface area contributed by atoms with Gasteiger partial charge in [0.05, 0.1) is 11.0 Å². The average Bonchev–Trinajstić information content (AvgIpc) is 3.25. The molecule has 26 heavy (non-hydrogen) atoms. The van der Waals surface area contributed by atoms with Gasteiger partial charge in [0.1, 0.15) is 5.82 Å². The Hall–Kier alpha value is -2.08. The summed E-state index contributed by atoms with van der Waals surface area (Å²) < 4.78 is 2.30. The molecule has 0 radical (unpaired) electrons. The fourth-order valence-corrected chi connectivity index (χ4v) is 3.75. The number of benzene rings is 1.